The van der Waals surface area contributed by atoms with E-state index in [1.54, 1.807) is 13.0 Å². The number of hydrogen-bond acceptors (Lipinski definition) is 3. The van der Waals surface area contributed by atoms with Gasteiger partial charge in [0.1, 0.15) is 5.76 Å². The van der Waals surface area contributed by atoms with E-state index in [9.17, 15) is 4.79 Å². The number of carbonyl (C=O) groups excluding carboxylic acids is 1. The first-order valence-electron chi connectivity index (χ1n) is 5.56. The van der Waals surface area contributed by atoms with Gasteiger partial charge in [0.15, 0.2) is 5.69 Å². The number of benzene rings is 1. The van der Waals surface area contributed by atoms with Gasteiger partial charge >= 0.3 is 0 Å². The maximum atomic E-state index is 11.9. The zero-order valence-corrected chi connectivity index (χ0v) is 11.7. The summed E-state index contributed by atoms with van der Waals surface area (Å²) in [5.74, 6) is 0.379. The van der Waals surface area contributed by atoms with Gasteiger partial charge in [-0.2, -0.15) is 0 Å². The summed E-state index contributed by atoms with van der Waals surface area (Å²) >= 11 is 3.46. The van der Waals surface area contributed by atoms with Crippen LogP contribution in [0.4, 0.5) is 0 Å². The van der Waals surface area contributed by atoms with Crippen molar-refractivity contribution in [2.24, 2.45) is 0 Å². The Hall–Kier alpha value is -1.62. The number of amides is 1. The maximum Gasteiger partial charge on any atom is 0.273 e. The molecule has 0 bridgehead atoms. The van der Waals surface area contributed by atoms with Gasteiger partial charge in [0.05, 0.1) is 6.04 Å². The van der Waals surface area contributed by atoms with Crippen LogP contribution in [-0.4, -0.2) is 11.1 Å². The second kappa shape index (κ2) is 5.35. The van der Waals surface area contributed by atoms with Crippen molar-refractivity contribution in [2.45, 2.75) is 19.9 Å². The zero-order valence-electron chi connectivity index (χ0n) is 10.1. The Morgan fingerprint density at radius 1 is 1.44 bits per heavy atom. The molecule has 5 heteroatoms. The van der Waals surface area contributed by atoms with Gasteiger partial charge in [0, 0.05) is 10.5 Å². The Balaban J connectivity index is 2.10. The minimum absolute atomic E-state index is 0.106. The molecule has 4 nitrogen and oxygen atoms in total. The molecule has 0 fully saturated rings. The van der Waals surface area contributed by atoms with Crippen molar-refractivity contribution in [2.75, 3.05) is 0 Å². The van der Waals surface area contributed by atoms with E-state index < -0.39 is 0 Å². The Labute approximate surface area is 113 Å². The first kappa shape index (κ1) is 12.8. The number of hydrogen-bond donors (Lipinski definition) is 1. The van der Waals surface area contributed by atoms with Crippen LogP contribution < -0.4 is 5.32 Å². The average molecular weight is 309 g/mol. The minimum Gasteiger partial charge on any atom is -0.361 e. The largest absolute Gasteiger partial charge is 0.361 e. The summed E-state index contributed by atoms with van der Waals surface area (Å²) in [5, 5.41) is 6.56. The SMILES string of the molecule is Cc1cc(C(=O)N[C@@H](C)c2ccccc2Br)no1. The molecule has 0 radical (unpaired) electrons. The number of aryl methyl sites for hydroxylation is 1. The topological polar surface area (TPSA) is 55.1 Å². The molecular weight excluding hydrogens is 296 g/mol. The quantitative estimate of drug-likeness (QED) is 0.947. The molecule has 1 heterocycles. The van der Waals surface area contributed by atoms with Gasteiger partial charge in [-0.25, -0.2) is 0 Å². The highest BCUT2D eigenvalue weighted by atomic mass is 79.9. The van der Waals surface area contributed by atoms with Gasteiger partial charge in [0.25, 0.3) is 5.91 Å². The van der Waals surface area contributed by atoms with Gasteiger partial charge in [0.2, 0.25) is 0 Å². The molecule has 18 heavy (non-hydrogen) atoms. The first-order chi connectivity index (χ1) is 8.58. The molecule has 94 valence electrons. The van der Waals surface area contributed by atoms with Crippen LogP contribution in [0, 0.1) is 6.92 Å². The lowest BCUT2D eigenvalue weighted by molar-refractivity contribution is 0.0930. The minimum atomic E-state index is -0.241. The zero-order chi connectivity index (χ0) is 13.1. The summed E-state index contributed by atoms with van der Waals surface area (Å²) in [4.78, 5) is 11.9. The van der Waals surface area contributed by atoms with E-state index in [4.69, 9.17) is 4.52 Å². The Morgan fingerprint density at radius 2 is 2.17 bits per heavy atom. The van der Waals surface area contributed by atoms with Crippen molar-refractivity contribution in [3.8, 4) is 0 Å². The molecule has 1 aromatic heterocycles. The number of nitrogens with one attached hydrogen (secondary N) is 1. The second-order valence-electron chi connectivity index (χ2n) is 4.04. The van der Waals surface area contributed by atoms with Crippen molar-refractivity contribution in [1.29, 1.82) is 0 Å². The standard InChI is InChI=1S/C13H13BrN2O2/c1-8-7-12(16-18-8)13(17)15-9(2)10-5-3-4-6-11(10)14/h3-7,9H,1-2H3,(H,15,17)/t9-/m0/s1. The van der Waals surface area contributed by atoms with Crippen LogP contribution >= 0.6 is 15.9 Å². The normalized spacial score (nSPS) is 12.2. The van der Waals surface area contributed by atoms with Crippen LogP contribution in [0.2, 0.25) is 0 Å². The van der Waals surface area contributed by atoms with Crippen LogP contribution in [0.1, 0.15) is 34.8 Å². The van der Waals surface area contributed by atoms with E-state index in [2.05, 4.69) is 26.4 Å². The molecule has 0 spiro atoms. The highest BCUT2D eigenvalue weighted by Crippen LogP contribution is 2.22. The van der Waals surface area contributed by atoms with Crippen LogP contribution in [-0.2, 0) is 0 Å². The van der Waals surface area contributed by atoms with Crippen molar-refractivity contribution in [3.05, 3.63) is 51.8 Å². The molecule has 0 unspecified atom stereocenters. The molecule has 1 aromatic carbocycles. The number of nitrogens with zero attached hydrogens (tertiary/aromatic N) is 1. The lowest BCUT2D eigenvalue weighted by Gasteiger charge is -2.14. The Kier molecular flexibility index (Phi) is 3.81. The second-order valence-corrected chi connectivity index (χ2v) is 4.89. The van der Waals surface area contributed by atoms with Gasteiger partial charge < -0.3 is 9.84 Å². The number of aromatic nitrogens is 1. The van der Waals surface area contributed by atoms with Gasteiger partial charge in [-0.3, -0.25) is 4.79 Å². The van der Waals surface area contributed by atoms with Gasteiger partial charge in [-0.05, 0) is 25.5 Å². The molecule has 2 rings (SSSR count). The van der Waals surface area contributed by atoms with E-state index in [0.29, 0.717) is 11.5 Å². The van der Waals surface area contributed by atoms with Gasteiger partial charge in [-0.15, -0.1) is 0 Å². The molecule has 2 aromatic rings. The van der Waals surface area contributed by atoms with Crippen molar-refractivity contribution < 1.29 is 9.32 Å². The lowest BCUT2D eigenvalue weighted by atomic mass is 10.1. The third kappa shape index (κ3) is 2.79. The van der Waals surface area contributed by atoms with Gasteiger partial charge in [-0.1, -0.05) is 39.3 Å². The van der Waals surface area contributed by atoms with Crippen molar-refractivity contribution in [3.63, 3.8) is 0 Å². The highest BCUT2D eigenvalue weighted by Gasteiger charge is 2.15. The summed E-state index contributed by atoms with van der Waals surface area (Å²) in [6.45, 7) is 3.67. The fourth-order valence-corrected chi connectivity index (χ4v) is 2.28. The summed E-state index contributed by atoms with van der Waals surface area (Å²) < 4.78 is 5.84. The van der Waals surface area contributed by atoms with E-state index in [0.717, 1.165) is 10.0 Å². The van der Waals surface area contributed by atoms with Crippen LogP contribution in [0.3, 0.4) is 0 Å². The van der Waals surface area contributed by atoms with E-state index in [1.807, 2.05) is 31.2 Å². The average Bonchev–Trinajstić information content (AvgIpc) is 2.76. The molecule has 0 saturated heterocycles. The first-order valence-corrected chi connectivity index (χ1v) is 6.36. The molecule has 0 aliphatic heterocycles. The molecule has 1 amide bonds. The highest BCUT2D eigenvalue weighted by molar-refractivity contribution is 9.10. The number of carbonyl (C=O) groups is 1. The van der Waals surface area contributed by atoms with E-state index in [-0.39, 0.29) is 11.9 Å². The molecule has 0 saturated carbocycles. The molecular formula is C13H13BrN2O2. The summed E-state index contributed by atoms with van der Waals surface area (Å²) in [6.07, 6.45) is 0. The third-order valence-corrected chi connectivity index (χ3v) is 3.30. The lowest BCUT2D eigenvalue weighted by Crippen LogP contribution is -2.27. The number of halogens is 1. The maximum absolute atomic E-state index is 11.9. The fraction of sp³-hybridized carbons (Fsp3) is 0.231. The smallest absolute Gasteiger partial charge is 0.273 e. The monoisotopic (exact) mass is 308 g/mol. The predicted octanol–water partition coefficient (Wildman–Crippen LogP) is 3.24. The molecule has 0 aliphatic rings. The van der Waals surface area contributed by atoms with Crippen molar-refractivity contribution >= 4 is 21.8 Å². The predicted molar refractivity (Wildman–Crippen MR) is 71.3 cm³/mol. The molecule has 1 N–H and O–H groups in total. The van der Waals surface area contributed by atoms with E-state index >= 15 is 0 Å². The van der Waals surface area contributed by atoms with Crippen LogP contribution in [0.5, 0.6) is 0 Å². The van der Waals surface area contributed by atoms with Crippen molar-refractivity contribution in [1.82, 2.24) is 10.5 Å². The molecule has 1 atom stereocenters. The molecule has 0 aliphatic carbocycles. The third-order valence-electron chi connectivity index (χ3n) is 2.58. The Morgan fingerprint density at radius 3 is 2.78 bits per heavy atom. The fourth-order valence-electron chi connectivity index (χ4n) is 1.65. The summed E-state index contributed by atoms with van der Waals surface area (Å²) in [5.41, 5.74) is 1.32. The summed E-state index contributed by atoms with van der Waals surface area (Å²) in [7, 11) is 0. The van der Waals surface area contributed by atoms with Crippen LogP contribution in [0.15, 0.2) is 39.3 Å². The Bertz CT molecular complexity index is 566. The number of rotatable bonds is 3. The summed E-state index contributed by atoms with van der Waals surface area (Å²) in [6, 6.07) is 9.28. The van der Waals surface area contributed by atoms with E-state index in [1.165, 1.54) is 0 Å². The van der Waals surface area contributed by atoms with Crippen LogP contribution in [0.25, 0.3) is 0 Å².